The minimum absolute atomic E-state index is 0.143. The fourth-order valence-corrected chi connectivity index (χ4v) is 6.17. The van der Waals surface area contributed by atoms with Gasteiger partial charge in [-0.25, -0.2) is 8.42 Å². The van der Waals surface area contributed by atoms with Crippen molar-refractivity contribution in [3.8, 4) is 0 Å². The number of para-hydroxylation sites is 2. The second-order valence-electron chi connectivity index (χ2n) is 10.8. The summed E-state index contributed by atoms with van der Waals surface area (Å²) >= 11 is 6.09. The van der Waals surface area contributed by atoms with E-state index in [2.05, 4.69) is 21.6 Å². The standard InChI is InChI=1S/C31H36ClN5O4S/c1-35(42(2,40)41)28-9-5-6-10-29(28)36-15-17-37(18-16-36)31(39)27(19-22-11-13-25(32)14-12-22)34-30(38)26-20-23-7-3-4-8-24(23)21-33-26/h3-14,26-27,33H,15-21H2,1-2H3,(H,34,38)/t26?,27-/m1/s1. The molecule has 0 bridgehead atoms. The summed E-state index contributed by atoms with van der Waals surface area (Å²) in [4.78, 5) is 31.2. The zero-order valence-electron chi connectivity index (χ0n) is 23.8. The topological polar surface area (TPSA) is 102 Å². The zero-order chi connectivity index (χ0) is 29.9. The fraction of sp³-hybridized carbons (Fsp3) is 0.355. The second kappa shape index (κ2) is 12.7. The number of anilines is 2. The predicted octanol–water partition coefficient (Wildman–Crippen LogP) is 2.83. The molecule has 0 aliphatic carbocycles. The summed E-state index contributed by atoms with van der Waals surface area (Å²) in [6.45, 7) is 2.55. The Morgan fingerprint density at radius 1 is 0.976 bits per heavy atom. The van der Waals surface area contributed by atoms with Crippen LogP contribution in [0.3, 0.4) is 0 Å². The van der Waals surface area contributed by atoms with E-state index in [4.69, 9.17) is 11.6 Å². The molecule has 2 heterocycles. The van der Waals surface area contributed by atoms with Gasteiger partial charge in [0.2, 0.25) is 21.8 Å². The monoisotopic (exact) mass is 609 g/mol. The molecule has 42 heavy (non-hydrogen) atoms. The molecule has 0 radical (unpaired) electrons. The van der Waals surface area contributed by atoms with Crippen molar-refractivity contribution in [2.45, 2.75) is 31.5 Å². The summed E-state index contributed by atoms with van der Waals surface area (Å²) in [5.74, 6) is -0.344. The van der Waals surface area contributed by atoms with Crippen molar-refractivity contribution in [1.29, 1.82) is 0 Å². The van der Waals surface area contributed by atoms with Crippen molar-refractivity contribution in [3.05, 3.63) is 94.5 Å². The third-order valence-corrected chi connectivity index (χ3v) is 9.46. The van der Waals surface area contributed by atoms with Crippen LogP contribution in [0, 0.1) is 0 Å². The summed E-state index contributed by atoms with van der Waals surface area (Å²) in [6, 6.07) is 21.6. The Labute approximate surface area is 252 Å². The number of halogens is 1. The van der Waals surface area contributed by atoms with Crippen molar-refractivity contribution in [3.63, 3.8) is 0 Å². The van der Waals surface area contributed by atoms with Crippen molar-refractivity contribution in [2.24, 2.45) is 0 Å². The number of hydrogen-bond donors (Lipinski definition) is 2. The lowest BCUT2D eigenvalue weighted by Crippen LogP contribution is -2.58. The maximum absolute atomic E-state index is 13.9. The first-order chi connectivity index (χ1) is 20.1. The number of nitrogens with one attached hydrogen (secondary N) is 2. The van der Waals surface area contributed by atoms with Crippen LogP contribution in [0.15, 0.2) is 72.8 Å². The number of hydrogen-bond acceptors (Lipinski definition) is 6. The highest BCUT2D eigenvalue weighted by Crippen LogP contribution is 2.30. The van der Waals surface area contributed by atoms with Gasteiger partial charge in [-0.15, -0.1) is 0 Å². The molecule has 0 saturated carbocycles. The van der Waals surface area contributed by atoms with Crippen LogP contribution in [0.5, 0.6) is 0 Å². The van der Waals surface area contributed by atoms with Crippen LogP contribution in [-0.4, -0.2) is 76.7 Å². The minimum atomic E-state index is -3.43. The molecule has 5 rings (SSSR count). The Morgan fingerprint density at radius 2 is 1.62 bits per heavy atom. The van der Waals surface area contributed by atoms with Gasteiger partial charge in [0.25, 0.3) is 0 Å². The summed E-state index contributed by atoms with van der Waals surface area (Å²) < 4.78 is 25.7. The summed E-state index contributed by atoms with van der Waals surface area (Å²) in [5.41, 5.74) is 4.60. The largest absolute Gasteiger partial charge is 0.366 e. The Hall–Kier alpha value is -3.60. The molecular weight excluding hydrogens is 574 g/mol. The molecule has 2 amide bonds. The maximum atomic E-state index is 13.9. The quantitative estimate of drug-likeness (QED) is 0.407. The molecule has 3 aromatic carbocycles. The first-order valence-electron chi connectivity index (χ1n) is 14.0. The minimum Gasteiger partial charge on any atom is -0.366 e. The Bertz CT molecular complexity index is 1540. The van der Waals surface area contributed by atoms with Gasteiger partial charge in [-0.05, 0) is 47.4 Å². The van der Waals surface area contributed by atoms with Crippen molar-refractivity contribution in [2.75, 3.05) is 48.7 Å². The number of sulfonamides is 1. The molecule has 3 aromatic rings. The van der Waals surface area contributed by atoms with Crippen LogP contribution in [0.25, 0.3) is 0 Å². The van der Waals surface area contributed by atoms with E-state index in [9.17, 15) is 18.0 Å². The van der Waals surface area contributed by atoms with E-state index < -0.39 is 22.1 Å². The smallest absolute Gasteiger partial charge is 0.245 e. The van der Waals surface area contributed by atoms with Gasteiger partial charge >= 0.3 is 0 Å². The van der Waals surface area contributed by atoms with E-state index in [1.807, 2.05) is 48.5 Å². The van der Waals surface area contributed by atoms with Gasteiger partial charge in [0.1, 0.15) is 6.04 Å². The average molecular weight is 610 g/mol. The number of nitrogens with zero attached hydrogens (tertiary/aromatic N) is 3. The highest BCUT2D eigenvalue weighted by Gasteiger charge is 2.32. The SMILES string of the molecule is CN(c1ccccc1N1CCN(C(=O)[C@@H](Cc2ccc(Cl)cc2)NC(=O)C2Cc3ccccc3CN2)CC1)S(C)(=O)=O. The molecule has 0 spiro atoms. The van der Waals surface area contributed by atoms with Gasteiger partial charge in [-0.1, -0.05) is 60.1 Å². The molecule has 2 aliphatic heterocycles. The van der Waals surface area contributed by atoms with Crippen molar-refractivity contribution in [1.82, 2.24) is 15.5 Å². The van der Waals surface area contributed by atoms with Gasteiger partial charge in [0.15, 0.2) is 0 Å². The van der Waals surface area contributed by atoms with E-state index in [0.717, 1.165) is 16.8 Å². The summed E-state index contributed by atoms with van der Waals surface area (Å²) in [6.07, 6.45) is 2.08. The lowest BCUT2D eigenvalue weighted by molar-refractivity contribution is -0.137. The van der Waals surface area contributed by atoms with Crippen LogP contribution >= 0.6 is 11.6 Å². The molecular formula is C31H36ClN5O4S. The number of carbonyl (C=O) groups excluding carboxylic acids is 2. The van der Waals surface area contributed by atoms with E-state index in [1.165, 1.54) is 23.2 Å². The van der Waals surface area contributed by atoms with E-state index in [0.29, 0.717) is 56.3 Å². The van der Waals surface area contributed by atoms with Crippen LogP contribution in [0.2, 0.25) is 5.02 Å². The predicted molar refractivity (Wildman–Crippen MR) is 166 cm³/mol. The van der Waals surface area contributed by atoms with Crippen LogP contribution in [0.4, 0.5) is 11.4 Å². The molecule has 2 aliphatic rings. The van der Waals surface area contributed by atoms with Gasteiger partial charge in [0, 0.05) is 51.2 Å². The van der Waals surface area contributed by atoms with Crippen molar-refractivity contribution < 1.29 is 18.0 Å². The number of amides is 2. The normalized spacial score (nSPS) is 17.7. The Kier molecular flexibility index (Phi) is 9.05. The van der Waals surface area contributed by atoms with Crippen molar-refractivity contribution >= 4 is 44.8 Å². The van der Waals surface area contributed by atoms with E-state index in [-0.39, 0.29) is 11.8 Å². The Morgan fingerprint density at radius 3 is 2.31 bits per heavy atom. The lowest BCUT2D eigenvalue weighted by Gasteiger charge is -2.39. The third kappa shape index (κ3) is 6.88. The van der Waals surface area contributed by atoms with Gasteiger partial charge < -0.3 is 20.4 Å². The first kappa shape index (κ1) is 29.9. The number of piperazine rings is 1. The highest BCUT2D eigenvalue weighted by molar-refractivity contribution is 7.92. The van der Waals surface area contributed by atoms with Crippen LogP contribution in [0.1, 0.15) is 16.7 Å². The van der Waals surface area contributed by atoms with Crippen LogP contribution in [-0.2, 0) is 39.0 Å². The molecule has 1 unspecified atom stereocenters. The molecule has 2 N–H and O–H groups in total. The van der Waals surface area contributed by atoms with Gasteiger partial charge in [0.05, 0.1) is 23.7 Å². The number of carbonyl (C=O) groups is 2. The average Bonchev–Trinajstić information content (AvgIpc) is 3.00. The summed E-state index contributed by atoms with van der Waals surface area (Å²) in [7, 11) is -1.89. The first-order valence-corrected chi connectivity index (χ1v) is 16.2. The van der Waals surface area contributed by atoms with Crippen LogP contribution < -0.4 is 19.8 Å². The molecule has 222 valence electrons. The molecule has 2 atom stereocenters. The van der Waals surface area contributed by atoms with Gasteiger partial charge in [-0.3, -0.25) is 13.9 Å². The maximum Gasteiger partial charge on any atom is 0.245 e. The van der Waals surface area contributed by atoms with Gasteiger partial charge in [-0.2, -0.15) is 0 Å². The summed E-state index contributed by atoms with van der Waals surface area (Å²) in [5, 5.41) is 6.97. The third-order valence-electron chi connectivity index (χ3n) is 8.02. The molecule has 1 fully saturated rings. The number of benzene rings is 3. The number of rotatable bonds is 8. The van der Waals surface area contributed by atoms with E-state index >= 15 is 0 Å². The lowest BCUT2D eigenvalue weighted by atomic mass is 9.95. The van der Waals surface area contributed by atoms with E-state index in [1.54, 1.807) is 23.1 Å². The number of fused-ring (bicyclic) bond motifs is 1. The highest BCUT2D eigenvalue weighted by atomic mass is 35.5. The Balaban J connectivity index is 1.29. The molecule has 9 nitrogen and oxygen atoms in total. The second-order valence-corrected chi connectivity index (χ2v) is 13.3. The molecule has 0 aromatic heterocycles. The molecule has 11 heteroatoms. The molecule has 1 saturated heterocycles. The zero-order valence-corrected chi connectivity index (χ0v) is 25.4. The fourth-order valence-electron chi connectivity index (χ4n) is 5.53.